The van der Waals surface area contributed by atoms with E-state index in [2.05, 4.69) is 65.6 Å². The fourth-order valence-electron chi connectivity index (χ4n) is 1.97. The lowest BCUT2D eigenvalue weighted by Gasteiger charge is -2.10. The van der Waals surface area contributed by atoms with Crippen molar-refractivity contribution in [3.8, 4) is 0 Å². The van der Waals surface area contributed by atoms with Gasteiger partial charge >= 0.3 is 0 Å². The van der Waals surface area contributed by atoms with Crippen LogP contribution in [0.25, 0.3) is 0 Å². The summed E-state index contributed by atoms with van der Waals surface area (Å²) in [7, 11) is 0. The summed E-state index contributed by atoms with van der Waals surface area (Å²) in [6, 6.07) is 8.43. The third kappa shape index (κ3) is 6.31. The molecule has 0 aliphatic rings. The summed E-state index contributed by atoms with van der Waals surface area (Å²) in [5.74, 6) is 0.826. The van der Waals surface area contributed by atoms with E-state index in [-0.39, 0.29) is 24.0 Å². The molecule has 0 aliphatic carbocycles. The number of halogens is 1. The molecule has 120 valence electrons. The van der Waals surface area contributed by atoms with Crippen LogP contribution in [0.3, 0.4) is 0 Å². The van der Waals surface area contributed by atoms with Crippen LogP contribution in [0.15, 0.2) is 35.5 Å². The average Bonchev–Trinajstić information content (AvgIpc) is 2.88. The topological polar surface area (TPSA) is 49.3 Å². The Hall–Kier alpha value is -1.15. The van der Waals surface area contributed by atoms with Crippen LogP contribution in [0.4, 0.5) is 0 Å². The first-order chi connectivity index (χ1) is 10.2. The van der Waals surface area contributed by atoms with Gasteiger partial charge in [0.25, 0.3) is 0 Å². The number of thiazole rings is 1. The highest BCUT2D eigenvalue weighted by atomic mass is 127. The summed E-state index contributed by atoms with van der Waals surface area (Å²) in [5, 5.41) is 7.66. The molecule has 0 unspecified atom stereocenters. The first-order valence-electron chi connectivity index (χ1n) is 7.16. The Balaban J connectivity index is 0.00000242. The number of guanidine groups is 1. The normalized spacial score (nSPS) is 11.0. The Morgan fingerprint density at radius 3 is 2.73 bits per heavy atom. The van der Waals surface area contributed by atoms with Gasteiger partial charge < -0.3 is 10.6 Å². The molecule has 22 heavy (non-hydrogen) atoms. The largest absolute Gasteiger partial charge is 0.357 e. The van der Waals surface area contributed by atoms with Crippen molar-refractivity contribution in [1.29, 1.82) is 0 Å². The number of aromatic nitrogens is 1. The van der Waals surface area contributed by atoms with E-state index < -0.39 is 0 Å². The van der Waals surface area contributed by atoms with Crippen LogP contribution >= 0.6 is 35.3 Å². The highest BCUT2D eigenvalue weighted by molar-refractivity contribution is 14.0. The zero-order valence-electron chi connectivity index (χ0n) is 13.2. The van der Waals surface area contributed by atoms with Gasteiger partial charge in [0.1, 0.15) is 5.01 Å². The van der Waals surface area contributed by atoms with Crippen molar-refractivity contribution >= 4 is 41.3 Å². The molecule has 6 heteroatoms. The second-order valence-corrected chi connectivity index (χ2v) is 6.22. The predicted molar refractivity (Wildman–Crippen MR) is 105 cm³/mol. The molecule has 2 rings (SSSR count). The van der Waals surface area contributed by atoms with Crippen LogP contribution < -0.4 is 10.6 Å². The minimum atomic E-state index is 0. The van der Waals surface area contributed by atoms with Gasteiger partial charge in [-0.2, -0.15) is 0 Å². The Morgan fingerprint density at radius 1 is 1.27 bits per heavy atom. The summed E-state index contributed by atoms with van der Waals surface area (Å²) < 4.78 is 0. The van der Waals surface area contributed by atoms with E-state index in [1.807, 2.05) is 6.20 Å². The van der Waals surface area contributed by atoms with Gasteiger partial charge in [0.05, 0.1) is 13.1 Å². The third-order valence-electron chi connectivity index (χ3n) is 2.92. The molecule has 0 fully saturated rings. The molecule has 0 bridgehead atoms. The molecule has 0 atom stereocenters. The van der Waals surface area contributed by atoms with E-state index in [9.17, 15) is 0 Å². The van der Waals surface area contributed by atoms with E-state index in [0.29, 0.717) is 13.1 Å². The second kappa shape index (κ2) is 9.78. The minimum Gasteiger partial charge on any atom is -0.357 e. The summed E-state index contributed by atoms with van der Waals surface area (Å²) >= 11 is 1.71. The maximum absolute atomic E-state index is 4.62. The predicted octanol–water partition coefficient (Wildman–Crippen LogP) is 3.63. The van der Waals surface area contributed by atoms with E-state index in [1.165, 1.54) is 16.0 Å². The van der Waals surface area contributed by atoms with Crippen molar-refractivity contribution in [2.75, 3.05) is 6.54 Å². The molecule has 0 saturated carbocycles. The highest BCUT2D eigenvalue weighted by Gasteiger charge is 2.01. The number of aryl methyl sites for hydroxylation is 2. The van der Waals surface area contributed by atoms with Crippen LogP contribution in [-0.2, 0) is 13.1 Å². The number of nitrogens with zero attached hydrogens (tertiary/aromatic N) is 2. The van der Waals surface area contributed by atoms with Crippen molar-refractivity contribution in [3.63, 3.8) is 0 Å². The van der Waals surface area contributed by atoms with Crippen LogP contribution in [0.5, 0.6) is 0 Å². The van der Waals surface area contributed by atoms with Gasteiger partial charge in [-0.05, 0) is 26.3 Å². The summed E-state index contributed by atoms with van der Waals surface area (Å²) in [6.07, 6.45) is 1.90. The second-order valence-electron chi connectivity index (χ2n) is 4.90. The third-order valence-corrected chi connectivity index (χ3v) is 3.84. The zero-order chi connectivity index (χ0) is 15.1. The van der Waals surface area contributed by atoms with Gasteiger partial charge in [-0.25, -0.2) is 9.98 Å². The Labute approximate surface area is 153 Å². The molecule has 1 heterocycles. The fraction of sp³-hybridized carbons (Fsp3) is 0.375. The monoisotopic (exact) mass is 430 g/mol. The molecule has 1 aromatic heterocycles. The Kier molecular flexibility index (Phi) is 8.40. The fourth-order valence-corrected chi connectivity index (χ4v) is 2.69. The SMILES string of the molecule is CCNC(=NCc1cccc(C)c1)NCc1ncc(C)s1.I. The number of hydrogen-bond donors (Lipinski definition) is 2. The molecule has 0 amide bonds. The van der Waals surface area contributed by atoms with Gasteiger partial charge in [0, 0.05) is 17.6 Å². The van der Waals surface area contributed by atoms with Gasteiger partial charge in [0.2, 0.25) is 0 Å². The molecule has 1 aromatic carbocycles. The van der Waals surface area contributed by atoms with E-state index in [0.717, 1.165) is 17.5 Å². The standard InChI is InChI=1S/C16H22N4S.HI/c1-4-17-16(20-11-15-18-9-13(3)21-15)19-10-14-7-5-6-12(2)8-14;/h5-9H,4,10-11H2,1-3H3,(H2,17,19,20);1H. The van der Waals surface area contributed by atoms with Crippen LogP contribution in [-0.4, -0.2) is 17.5 Å². The molecule has 2 N–H and O–H groups in total. The average molecular weight is 430 g/mol. The van der Waals surface area contributed by atoms with Gasteiger partial charge in [-0.1, -0.05) is 29.8 Å². The van der Waals surface area contributed by atoms with Crippen molar-refractivity contribution in [1.82, 2.24) is 15.6 Å². The van der Waals surface area contributed by atoms with Crippen molar-refractivity contribution < 1.29 is 0 Å². The maximum atomic E-state index is 4.62. The summed E-state index contributed by atoms with van der Waals surface area (Å²) in [5.41, 5.74) is 2.48. The number of aliphatic imine (C=N–C) groups is 1. The highest BCUT2D eigenvalue weighted by Crippen LogP contribution is 2.10. The smallest absolute Gasteiger partial charge is 0.191 e. The number of hydrogen-bond acceptors (Lipinski definition) is 3. The molecule has 0 saturated heterocycles. The summed E-state index contributed by atoms with van der Waals surface area (Å²) in [6.45, 7) is 8.46. The van der Waals surface area contributed by atoms with E-state index in [1.54, 1.807) is 11.3 Å². The van der Waals surface area contributed by atoms with E-state index >= 15 is 0 Å². The molecule has 0 aliphatic heterocycles. The first kappa shape index (κ1) is 18.9. The van der Waals surface area contributed by atoms with Gasteiger partial charge in [0.15, 0.2) is 5.96 Å². The van der Waals surface area contributed by atoms with Crippen LogP contribution in [0.1, 0.15) is 27.9 Å². The quantitative estimate of drug-likeness (QED) is 0.433. The summed E-state index contributed by atoms with van der Waals surface area (Å²) in [4.78, 5) is 10.2. The van der Waals surface area contributed by atoms with Crippen LogP contribution in [0.2, 0.25) is 0 Å². The van der Waals surface area contributed by atoms with Gasteiger partial charge in [-0.15, -0.1) is 35.3 Å². The molecular weight excluding hydrogens is 407 g/mol. The van der Waals surface area contributed by atoms with Crippen molar-refractivity contribution in [2.24, 2.45) is 4.99 Å². The molecular formula is C16H23IN4S. The van der Waals surface area contributed by atoms with Gasteiger partial charge in [-0.3, -0.25) is 0 Å². The number of nitrogens with one attached hydrogen (secondary N) is 2. The van der Waals surface area contributed by atoms with Crippen LogP contribution in [0, 0.1) is 13.8 Å². The zero-order valence-corrected chi connectivity index (χ0v) is 16.4. The maximum Gasteiger partial charge on any atom is 0.191 e. The molecule has 0 spiro atoms. The Morgan fingerprint density at radius 2 is 2.09 bits per heavy atom. The lowest BCUT2D eigenvalue weighted by atomic mass is 10.1. The molecule has 4 nitrogen and oxygen atoms in total. The Bertz CT molecular complexity index is 610. The van der Waals surface area contributed by atoms with Crippen molar-refractivity contribution in [2.45, 2.75) is 33.9 Å². The number of benzene rings is 1. The van der Waals surface area contributed by atoms with Crippen molar-refractivity contribution in [3.05, 3.63) is 51.5 Å². The minimum absolute atomic E-state index is 0. The lowest BCUT2D eigenvalue weighted by Crippen LogP contribution is -2.36. The first-order valence-corrected chi connectivity index (χ1v) is 7.98. The number of rotatable bonds is 5. The lowest BCUT2D eigenvalue weighted by molar-refractivity contribution is 0.811. The van der Waals surface area contributed by atoms with E-state index in [4.69, 9.17) is 0 Å². The molecule has 2 aromatic rings. The molecule has 0 radical (unpaired) electrons.